The number of aryl methyl sites for hydroxylation is 1. The third-order valence-electron chi connectivity index (χ3n) is 5.73. The lowest BCUT2D eigenvalue weighted by atomic mass is 9.94. The minimum Gasteiger partial charge on any atom is -0.349 e. The summed E-state index contributed by atoms with van der Waals surface area (Å²) in [6.07, 6.45) is 2.63. The van der Waals surface area contributed by atoms with Gasteiger partial charge >= 0.3 is 0 Å². The van der Waals surface area contributed by atoms with E-state index in [0.717, 1.165) is 12.1 Å². The summed E-state index contributed by atoms with van der Waals surface area (Å²) in [6.45, 7) is 3.73. The molecule has 0 saturated carbocycles. The van der Waals surface area contributed by atoms with Crippen LogP contribution in [0.4, 0.5) is 5.69 Å². The van der Waals surface area contributed by atoms with E-state index in [2.05, 4.69) is 6.92 Å². The summed E-state index contributed by atoms with van der Waals surface area (Å²) in [6, 6.07) is 7.98. The standard InChI is InChI=1S/C21H29N3O3/c1-4-15-5-7-18(8-6-15)24-14-17(13-19(24)25)21(27)23-11-9-16(10-12-23)20(26)22(2)3/h5-8,16-17H,4,9-14H2,1-3H3. The van der Waals surface area contributed by atoms with Crippen LogP contribution in [0.3, 0.4) is 0 Å². The van der Waals surface area contributed by atoms with Crippen molar-refractivity contribution < 1.29 is 14.4 Å². The Kier molecular flexibility index (Phi) is 5.82. The molecule has 0 bridgehead atoms. The van der Waals surface area contributed by atoms with Crippen molar-refractivity contribution in [3.8, 4) is 0 Å². The molecule has 1 aromatic carbocycles. The Morgan fingerprint density at radius 2 is 1.70 bits per heavy atom. The normalized spacial score (nSPS) is 20.9. The number of rotatable bonds is 4. The van der Waals surface area contributed by atoms with E-state index in [1.54, 1.807) is 23.9 Å². The highest BCUT2D eigenvalue weighted by molar-refractivity contribution is 6.00. The Morgan fingerprint density at radius 3 is 2.26 bits per heavy atom. The number of piperidine rings is 1. The van der Waals surface area contributed by atoms with Gasteiger partial charge in [-0.25, -0.2) is 0 Å². The van der Waals surface area contributed by atoms with Gasteiger partial charge in [0.1, 0.15) is 0 Å². The molecule has 1 aromatic rings. The third-order valence-corrected chi connectivity index (χ3v) is 5.73. The van der Waals surface area contributed by atoms with Crippen LogP contribution < -0.4 is 4.90 Å². The molecule has 1 unspecified atom stereocenters. The molecule has 6 nitrogen and oxygen atoms in total. The zero-order chi connectivity index (χ0) is 19.6. The highest BCUT2D eigenvalue weighted by Crippen LogP contribution is 2.28. The molecular weight excluding hydrogens is 342 g/mol. The summed E-state index contributed by atoms with van der Waals surface area (Å²) in [4.78, 5) is 42.6. The first-order valence-corrected chi connectivity index (χ1v) is 9.80. The fourth-order valence-corrected chi connectivity index (χ4v) is 4.00. The topological polar surface area (TPSA) is 60.9 Å². The van der Waals surface area contributed by atoms with Gasteiger partial charge in [-0.05, 0) is 37.0 Å². The van der Waals surface area contributed by atoms with Gasteiger partial charge in [0.2, 0.25) is 17.7 Å². The smallest absolute Gasteiger partial charge is 0.228 e. The van der Waals surface area contributed by atoms with Crippen LogP contribution in [-0.2, 0) is 20.8 Å². The molecule has 0 spiro atoms. The molecule has 27 heavy (non-hydrogen) atoms. The van der Waals surface area contributed by atoms with E-state index in [9.17, 15) is 14.4 Å². The number of amides is 3. The van der Waals surface area contributed by atoms with E-state index in [0.29, 0.717) is 32.5 Å². The second kappa shape index (κ2) is 8.11. The van der Waals surface area contributed by atoms with Crippen molar-refractivity contribution in [2.45, 2.75) is 32.6 Å². The zero-order valence-electron chi connectivity index (χ0n) is 16.5. The van der Waals surface area contributed by atoms with Gasteiger partial charge in [0.15, 0.2) is 0 Å². The number of likely N-dealkylation sites (tertiary alicyclic amines) is 1. The second-order valence-corrected chi connectivity index (χ2v) is 7.76. The number of benzene rings is 1. The Bertz CT molecular complexity index is 706. The van der Waals surface area contributed by atoms with Crippen molar-refractivity contribution in [1.29, 1.82) is 0 Å². The lowest BCUT2D eigenvalue weighted by Gasteiger charge is -2.33. The molecule has 0 radical (unpaired) electrons. The van der Waals surface area contributed by atoms with Gasteiger partial charge in [-0.15, -0.1) is 0 Å². The van der Waals surface area contributed by atoms with Crippen LogP contribution in [-0.4, -0.2) is 61.3 Å². The molecule has 6 heteroatoms. The highest BCUT2D eigenvalue weighted by Gasteiger charge is 2.38. The molecule has 2 fully saturated rings. The summed E-state index contributed by atoms with van der Waals surface area (Å²) >= 11 is 0. The molecule has 0 aliphatic carbocycles. The average molecular weight is 371 g/mol. The largest absolute Gasteiger partial charge is 0.349 e. The summed E-state index contributed by atoms with van der Waals surface area (Å²) in [7, 11) is 3.54. The van der Waals surface area contributed by atoms with E-state index in [-0.39, 0.29) is 36.0 Å². The molecule has 146 valence electrons. The number of carbonyl (C=O) groups excluding carboxylic acids is 3. The zero-order valence-corrected chi connectivity index (χ0v) is 16.5. The Labute approximate surface area is 161 Å². The van der Waals surface area contributed by atoms with E-state index >= 15 is 0 Å². The fraction of sp³-hybridized carbons (Fsp3) is 0.571. The molecule has 0 N–H and O–H groups in total. The maximum atomic E-state index is 12.9. The van der Waals surface area contributed by atoms with Crippen molar-refractivity contribution in [3.63, 3.8) is 0 Å². The maximum absolute atomic E-state index is 12.9. The predicted octanol–water partition coefficient (Wildman–Crippen LogP) is 1.93. The lowest BCUT2D eigenvalue weighted by Crippen LogP contribution is -2.45. The van der Waals surface area contributed by atoms with Crippen molar-refractivity contribution in [2.75, 3.05) is 38.6 Å². The van der Waals surface area contributed by atoms with Gasteiger partial charge in [0, 0.05) is 51.8 Å². The van der Waals surface area contributed by atoms with Crippen molar-refractivity contribution in [2.24, 2.45) is 11.8 Å². The average Bonchev–Trinajstić information content (AvgIpc) is 3.08. The maximum Gasteiger partial charge on any atom is 0.228 e. The van der Waals surface area contributed by atoms with Crippen LogP contribution >= 0.6 is 0 Å². The van der Waals surface area contributed by atoms with E-state index in [1.165, 1.54) is 5.56 Å². The molecule has 3 rings (SSSR count). The van der Waals surface area contributed by atoms with E-state index in [1.807, 2.05) is 29.2 Å². The minimum absolute atomic E-state index is 0.00263. The monoisotopic (exact) mass is 371 g/mol. The summed E-state index contributed by atoms with van der Waals surface area (Å²) in [5.74, 6) is -0.0887. The highest BCUT2D eigenvalue weighted by atomic mass is 16.2. The van der Waals surface area contributed by atoms with Gasteiger partial charge in [0.25, 0.3) is 0 Å². The molecule has 0 aromatic heterocycles. The van der Waals surface area contributed by atoms with Crippen LogP contribution in [0.1, 0.15) is 31.7 Å². The van der Waals surface area contributed by atoms with Crippen molar-refractivity contribution in [3.05, 3.63) is 29.8 Å². The number of carbonyl (C=O) groups is 3. The first-order chi connectivity index (χ1) is 12.9. The van der Waals surface area contributed by atoms with Crippen LogP contribution in [0, 0.1) is 11.8 Å². The van der Waals surface area contributed by atoms with Gasteiger partial charge in [-0.3, -0.25) is 14.4 Å². The number of hydrogen-bond donors (Lipinski definition) is 0. The summed E-state index contributed by atoms with van der Waals surface area (Å²) in [5, 5.41) is 0. The Balaban J connectivity index is 1.58. The summed E-state index contributed by atoms with van der Waals surface area (Å²) < 4.78 is 0. The molecule has 3 amide bonds. The molecule has 2 heterocycles. The van der Waals surface area contributed by atoms with Crippen LogP contribution in [0.2, 0.25) is 0 Å². The van der Waals surface area contributed by atoms with Crippen LogP contribution in [0.15, 0.2) is 24.3 Å². The number of nitrogens with zero attached hydrogens (tertiary/aromatic N) is 3. The van der Waals surface area contributed by atoms with Gasteiger partial charge in [-0.2, -0.15) is 0 Å². The van der Waals surface area contributed by atoms with Gasteiger partial charge < -0.3 is 14.7 Å². The first-order valence-electron chi connectivity index (χ1n) is 9.80. The van der Waals surface area contributed by atoms with E-state index < -0.39 is 0 Å². The minimum atomic E-state index is -0.288. The molecule has 2 aliphatic rings. The Morgan fingerprint density at radius 1 is 1.07 bits per heavy atom. The third kappa shape index (κ3) is 4.15. The molecule has 1 atom stereocenters. The SMILES string of the molecule is CCc1ccc(N2CC(C(=O)N3CCC(C(=O)N(C)C)CC3)CC2=O)cc1. The first kappa shape index (κ1) is 19.4. The molecule has 2 aliphatic heterocycles. The lowest BCUT2D eigenvalue weighted by molar-refractivity contribution is -0.141. The summed E-state index contributed by atoms with van der Waals surface area (Å²) in [5.41, 5.74) is 2.09. The Hall–Kier alpha value is -2.37. The van der Waals surface area contributed by atoms with Crippen molar-refractivity contribution >= 4 is 23.4 Å². The van der Waals surface area contributed by atoms with Crippen LogP contribution in [0.25, 0.3) is 0 Å². The second-order valence-electron chi connectivity index (χ2n) is 7.76. The van der Waals surface area contributed by atoms with Gasteiger partial charge in [0.05, 0.1) is 5.92 Å². The van der Waals surface area contributed by atoms with Gasteiger partial charge in [-0.1, -0.05) is 19.1 Å². The fourth-order valence-electron chi connectivity index (χ4n) is 4.00. The van der Waals surface area contributed by atoms with Crippen molar-refractivity contribution in [1.82, 2.24) is 9.80 Å². The predicted molar refractivity (Wildman–Crippen MR) is 104 cm³/mol. The quantitative estimate of drug-likeness (QED) is 0.813. The molecule has 2 saturated heterocycles. The molecular formula is C21H29N3O3. The number of hydrogen-bond acceptors (Lipinski definition) is 3. The van der Waals surface area contributed by atoms with Crippen LogP contribution in [0.5, 0.6) is 0 Å². The number of anilines is 1. The van der Waals surface area contributed by atoms with E-state index in [4.69, 9.17) is 0 Å².